The summed E-state index contributed by atoms with van der Waals surface area (Å²) >= 11 is 3.22. The topological polar surface area (TPSA) is 0 Å². The van der Waals surface area contributed by atoms with Crippen LogP contribution in [0.5, 0.6) is 0 Å². The molecule has 0 amide bonds. The van der Waals surface area contributed by atoms with Crippen LogP contribution in [0.25, 0.3) is 0 Å². The van der Waals surface area contributed by atoms with Gasteiger partial charge in [0.2, 0.25) is 0 Å². The van der Waals surface area contributed by atoms with Gasteiger partial charge in [-0.15, -0.1) is 0 Å². The molecule has 0 aliphatic heterocycles. The summed E-state index contributed by atoms with van der Waals surface area (Å²) in [6.07, 6.45) is 7.38. The van der Waals surface area contributed by atoms with Crippen LogP contribution in [0.3, 0.4) is 0 Å². The van der Waals surface area contributed by atoms with E-state index in [2.05, 4.69) is 28.9 Å². The number of rotatable bonds is 4. The van der Waals surface area contributed by atoms with Crippen LogP contribution in [0.4, 0.5) is 0 Å². The van der Waals surface area contributed by atoms with Gasteiger partial charge in [0.25, 0.3) is 0 Å². The largest absolute Gasteiger partial charge is 2.00 e. The molecule has 0 spiro atoms. The number of allylic oxidation sites excluding steroid dienone is 1. The molecule has 0 fully saturated rings. The Bertz CT molecular complexity index is 69.5. The SMILES string of the molecule is CCCCCC=CBr.[H-].[H-].[Mg+2]. The fourth-order valence-corrected chi connectivity index (χ4v) is 0.840. The molecule has 0 aliphatic rings. The first-order valence-electron chi connectivity index (χ1n) is 3.17. The third kappa shape index (κ3) is 12.2. The van der Waals surface area contributed by atoms with Crippen LogP contribution >= 0.6 is 15.9 Å². The van der Waals surface area contributed by atoms with Crippen LogP contribution in [0.15, 0.2) is 11.1 Å². The van der Waals surface area contributed by atoms with E-state index in [4.69, 9.17) is 0 Å². The van der Waals surface area contributed by atoms with Gasteiger partial charge in [-0.2, -0.15) is 0 Å². The van der Waals surface area contributed by atoms with E-state index < -0.39 is 0 Å². The molecule has 52 valence electrons. The Morgan fingerprint density at radius 1 is 1.44 bits per heavy atom. The van der Waals surface area contributed by atoms with Gasteiger partial charge in [-0.25, -0.2) is 0 Å². The number of halogens is 1. The summed E-state index contributed by atoms with van der Waals surface area (Å²) in [5.41, 5.74) is 0. The molecule has 0 nitrogen and oxygen atoms in total. The van der Waals surface area contributed by atoms with Crippen LogP contribution in [0, 0.1) is 0 Å². The zero-order valence-electron chi connectivity index (χ0n) is 8.07. The Hall–Kier alpha value is 0.986. The van der Waals surface area contributed by atoms with Gasteiger partial charge in [0.05, 0.1) is 0 Å². The molecule has 0 bridgehead atoms. The first-order chi connectivity index (χ1) is 3.91. The van der Waals surface area contributed by atoms with Gasteiger partial charge in [0.15, 0.2) is 0 Å². The average molecular weight is 203 g/mol. The molecule has 0 aliphatic carbocycles. The molecule has 0 atom stereocenters. The summed E-state index contributed by atoms with van der Waals surface area (Å²) < 4.78 is 0. The van der Waals surface area contributed by atoms with E-state index in [1.165, 1.54) is 25.7 Å². The van der Waals surface area contributed by atoms with Crippen LogP contribution < -0.4 is 0 Å². The van der Waals surface area contributed by atoms with E-state index in [1.54, 1.807) is 0 Å². The average Bonchev–Trinajstić information content (AvgIpc) is 1.81. The Labute approximate surface area is 85.3 Å². The predicted molar refractivity (Wildman–Crippen MR) is 50.2 cm³/mol. The Morgan fingerprint density at radius 3 is 2.56 bits per heavy atom. The maximum absolute atomic E-state index is 3.22. The van der Waals surface area contributed by atoms with E-state index in [-0.39, 0.29) is 25.9 Å². The summed E-state index contributed by atoms with van der Waals surface area (Å²) in [5.74, 6) is 0. The molecule has 2 heteroatoms. The molecule has 0 N–H and O–H groups in total. The third-order valence-corrected chi connectivity index (χ3v) is 1.44. The summed E-state index contributed by atoms with van der Waals surface area (Å²) in [7, 11) is 0. The Kier molecular flexibility index (Phi) is 16.5. The standard InChI is InChI=1S/C7H13Br.Mg.2H/c1-2-3-4-5-6-7-8;;;/h6-7H,2-5H2,1H3;;;/q;+2;2*-1. The molecule has 0 aromatic heterocycles. The third-order valence-electron chi connectivity index (χ3n) is 1.06. The molecule has 0 radical (unpaired) electrons. The molecule has 0 saturated carbocycles. The van der Waals surface area contributed by atoms with E-state index in [0.717, 1.165) is 0 Å². The minimum absolute atomic E-state index is 0. The fraction of sp³-hybridized carbons (Fsp3) is 0.714. The van der Waals surface area contributed by atoms with Crippen molar-refractivity contribution in [2.45, 2.75) is 32.6 Å². The van der Waals surface area contributed by atoms with Crippen molar-refractivity contribution < 1.29 is 2.85 Å². The van der Waals surface area contributed by atoms with Crippen LogP contribution in [-0.4, -0.2) is 23.1 Å². The second kappa shape index (κ2) is 11.7. The maximum Gasteiger partial charge on any atom is 2.00 e. The first kappa shape index (κ1) is 12.6. The quantitative estimate of drug-likeness (QED) is 0.486. The van der Waals surface area contributed by atoms with Crippen LogP contribution in [0.2, 0.25) is 0 Å². The second-order valence-corrected chi connectivity index (χ2v) is 2.39. The van der Waals surface area contributed by atoms with Crippen LogP contribution in [0.1, 0.15) is 35.5 Å². The van der Waals surface area contributed by atoms with Gasteiger partial charge in [-0.05, 0) is 17.8 Å². The van der Waals surface area contributed by atoms with E-state index in [1.807, 2.05) is 4.99 Å². The molecule has 0 saturated heterocycles. The predicted octanol–water partition coefficient (Wildman–Crippen LogP) is 3.32. The molecular weight excluding hydrogens is 188 g/mol. The van der Waals surface area contributed by atoms with E-state index >= 15 is 0 Å². The molecule has 0 rings (SSSR count). The van der Waals surface area contributed by atoms with Gasteiger partial charge in [-0.1, -0.05) is 41.8 Å². The molecule has 0 heterocycles. The molecule has 0 aromatic rings. The van der Waals surface area contributed by atoms with Crippen molar-refractivity contribution in [1.82, 2.24) is 0 Å². The Morgan fingerprint density at radius 2 is 2.11 bits per heavy atom. The zero-order chi connectivity index (χ0) is 6.24. The summed E-state index contributed by atoms with van der Waals surface area (Å²) in [6.45, 7) is 2.22. The van der Waals surface area contributed by atoms with Crippen molar-refractivity contribution in [2.75, 3.05) is 0 Å². The molecular formula is C7H15BrMg. The monoisotopic (exact) mass is 202 g/mol. The molecule has 0 aromatic carbocycles. The molecule has 0 unspecified atom stereocenters. The molecule has 9 heavy (non-hydrogen) atoms. The van der Waals surface area contributed by atoms with Crippen molar-refractivity contribution in [2.24, 2.45) is 0 Å². The summed E-state index contributed by atoms with van der Waals surface area (Å²) in [4.78, 5) is 1.93. The van der Waals surface area contributed by atoms with Gasteiger partial charge in [0, 0.05) is 0 Å². The zero-order valence-corrected chi connectivity index (χ0v) is 9.07. The van der Waals surface area contributed by atoms with Crippen molar-refractivity contribution in [3.8, 4) is 0 Å². The normalized spacial score (nSPS) is 9.56. The smallest absolute Gasteiger partial charge is 1.00 e. The number of hydrogen-bond donors (Lipinski definition) is 0. The van der Waals surface area contributed by atoms with E-state index in [0.29, 0.717) is 0 Å². The minimum atomic E-state index is 0. The summed E-state index contributed by atoms with van der Waals surface area (Å²) in [5, 5.41) is 0. The van der Waals surface area contributed by atoms with Crippen molar-refractivity contribution >= 4 is 39.0 Å². The maximum atomic E-state index is 3.22. The fourth-order valence-electron chi connectivity index (χ4n) is 0.575. The van der Waals surface area contributed by atoms with E-state index in [9.17, 15) is 0 Å². The first-order valence-corrected chi connectivity index (χ1v) is 4.08. The van der Waals surface area contributed by atoms with Crippen molar-refractivity contribution in [1.29, 1.82) is 0 Å². The van der Waals surface area contributed by atoms with Crippen LogP contribution in [-0.2, 0) is 0 Å². The second-order valence-electron chi connectivity index (χ2n) is 1.86. The Balaban J connectivity index is -0.0000000817. The number of hydrogen-bond acceptors (Lipinski definition) is 0. The summed E-state index contributed by atoms with van der Waals surface area (Å²) in [6, 6.07) is 0. The van der Waals surface area contributed by atoms with Gasteiger partial charge in [0.1, 0.15) is 0 Å². The van der Waals surface area contributed by atoms with Gasteiger partial charge >= 0.3 is 23.1 Å². The number of unbranched alkanes of at least 4 members (excludes halogenated alkanes) is 3. The van der Waals surface area contributed by atoms with Gasteiger partial charge < -0.3 is 2.85 Å². The van der Waals surface area contributed by atoms with Crippen molar-refractivity contribution in [3.05, 3.63) is 11.1 Å². The minimum Gasteiger partial charge on any atom is -1.00 e. The van der Waals surface area contributed by atoms with Crippen molar-refractivity contribution in [3.63, 3.8) is 0 Å². The van der Waals surface area contributed by atoms with Gasteiger partial charge in [-0.3, -0.25) is 0 Å².